The van der Waals surface area contributed by atoms with E-state index in [0.29, 0.717) is 17.4 Å². The molecule has 0 spiro atoms. The molecule has 0 aliphatic carbocycles. The van der Waals surface area contributed by atoms with Crippen molar-refractivity contribution < 1.29 is 8.63 Å². The lowest BCUT2D eigenvalue weighted by atomic mass is 10.4. The number of oxazole rings is 1. The molecule has 4 heteroatoms. The number of hydrogen-bond donors (Lipinski definition) is 0. The molecule has 0 saturated heterocycles. The van der Waals surface area contributed by atoms with E-state index in [1.807, 2.05) is 32.9 Å². The zero-order chi connectivity index (χ0) is 10.6. The third kappa shape index (κ3) is 3.10. The van der Waals surface area contributed by atoms with Crippen LogP contribution < -0.4 is 0 Å². The quantitative estimate of drug-likeness (QED) is 0.719. The smallest absolute Gasteiger partial charge is 0.207 e. The second-order valence-electron chi connectivity index (χ2n) is 3.07. The van der Waals surface area contributed by atoms with Crippen molar-refractivity contribution in [2.75, 3.05) is 5.75 Å². The van der Waals surface area contributed by atoms with E-state index < -0.39 is 10.8 Å². The number of aryl methyl sites for hydroxylation is 2. The van der Waals surface area contributed by atoms with Crippen LogP contribution in [-0.2, 0) is 16.6 Å². The van der Waals surface area contributed by atoms with Crippen LogP contribution in [0.5, 0.6) is 0 Å². The molecular formula is C10H15NO2S. The lowest BCUT2D eigenvalue weighted by Crippen LogP contribution is -1.98. The van der Waals surface area contributed by atoms with Gasteiger partial charge in [0.25, 0.3) is 0 Å². The molecule has 1 rings (SSSR count). The van der Waals surface area contributed by atoms with Gasteiger partial charge in [0.1, 0.15) is 11.5 Å². The predicted octanol–water partition coefficient (Wildman–Crippen LogP) is 2.12. The fraction of sp³-hybridized carbons (Fsp3) is 0.500. The fourth-order valence-electron chi connectivity index (χ4n) is 1.00. The maximum Gasteiger partial charge on any atom is 0.207 e. The highest BCUT2D eigenvalue weighted by atomic mass is 32.2. The molecule has 78 valence electrons. The van der Waals surface area contributed by atoms with Crippen LogP contribution in [0.25, 0.3) is 0 Å². The Morgan fingerprint density at radius 2 is 2.21 bits per heavy atom. The van der Waals surface area contributed by atoms with Gasteiger partial charge in [-0.05, 0) is 20.8 Å². The SMILES string of the molecule is C/C=C/C[S@](=O)Cc1nc(C)c(C)o1. The Kier molecular flexibility index (Phi) is 4.07. The molecule has 0 fully saturated rings. The van der Waals surface area contributed by atoms with Gasteiger partial charge in [0.05, 0.1) is 5.69 Å². The van der Waals surface area contributed by atoms with Crippen LogP contribution in [0, 0.1) is 13.8 Å². The average Bonchev–Trinajstić information content (AvgIpc) is 2.42. The van der Waals surface area contributed by atoms with Crippen LogP contribution in [0.3, 0.4) is 0 Å². The summed E-state index contributed by atoms with van der Waals surface area (Å²) in [6, 6.07) is 0. The van der Waals surface area contributed by atoms with Crippen molar-refractivity contribution in [3.63, 3.8) is 0 Å². The molecule has 1 aromatic rings. The summed E-state index contributed by atoms with van der Waals surface area (Å²) in [5.74, 6) is 2.35. The third-order valence-electron chi connectivity index (χ3n) is 1.88. The summed E-state index contributed by atoms with van der Waals surface area (Å²) in [7, 11) is -0.909. The van der Waals surface area contributed by atoms with Crippen LogP contribution in [0.15, 0.2) is 16.6 Å². The first-order valence-corrected chi connectivity index (χ1v) is 6.01. The molecule has 0 unspecified atom stereocenters. The molecule has 0 bridgehead atoms. The maximum atomic E-state index is 11.5. The first-order chi connectivity index (χ1) is 6.63. The summed E-state index contributed by atoms with van der Waals surface area (Å²) in [5.41, 5.74) is 0.878. The highest BCUT2D eigenvalue weighted by Gasteiger charge is 2.08. The van der Waals surface area contributed by atoms with Crippen LogP contribution in [-0.4, -0.2) is 14.9 Å². The van der Waals surface area contributed by atoms with E-state index in [2.05, 4.69) is 4.98 Å². The van der Waals surface area contributed by atoms with Crippen molar-refractivity contribution in [2.24, 2.45) is 0 Å². The number of nitrogens with zero attached hydrogens (tertiary/aromatic N) is 1. The lowest BCUT2D eigenvalue weighted by Gasteiger charge is -1.93. The van der Waals surface area contributed by atoms with E-state index in [0.717, 1.165) is 11.5 Å². The zero-order valence-electron chi connectivity index (χ0n) is 8.74. The molecule has 1 atom stereocenters. The summed E-state index contributed by atoms with van der Waals surface area (Å²) in [6.07, 6.45) is 3.78. The van der Waals surface area contributed by atoms with Gasteiger partial charge in [-0.2, -0.15) is 0 Å². The molecule has 0 radical (unpaired) electrons. The van der Waals surface area contributed by atoms with Gasteiger partial charge < -0.3 is 4.42 Å². The van der Waals surface area contributed by atoms with Crippen LogP contribution in [0.1, 0.15) is 24.3 Å². The summed E-state index contributed by atoms with van der Waals surface area (Å²) in [6.45, 7) is 5.66. The van der Waals surface area contributed by atoms with E-state index in [-0.39, 0.29) is 0 Å². The largest absolute Gasteiger partial charge is 0.445 e. The second kappa shape index (κ2) is 5.10. The molecule has 14 heavy (non-hydrogen) atoms. The molecule has 0 N–H and O–H groups in total. The highest BCUT2D eigenvalue weighted by molar-refractivity contribution is 7.84. The summed E-state index contributed by atoms with van der Waals surface area (Å²) >= 11 is 0. The minimum atomic E-state index is -0.909. The zero-order valence-corrected chi connectivity index (χ0v) is 9.56. The first kappa shape index (κ1) is 11.2. The Morgan fingerprint density at radius 3 is 2.71 bits per heavy atom. The van der Waals surface area contributed by atoms with E-state index in [9.17, 15) is 4.21 Å². The number of hydrogen-bond acceptors (Lipinski definition) is 3. The number of rotatable bonds is 4. The molecule has 1 heterocycles. The topological polar surface area (TPSA) is 43.1 Å². The molecule has 0 aliphatic heterocycles. The number of aromatic nitrogens is 1. The van der Waals surface area contributed by atoms with Crippen LogP contribution in [0.4, 0.5) is 0 Å². The van der Waals surface area contributed by atoms with Crippen molar-refractivity contribution in [2.45, 2.75) is 26.5 Å². The van der Waals surface area contributed by atoms with Gasteiger partial charge in [0, 0.05) is 16.6 Å². The minimum Gasteiger partial charge on any atom is -0.445 e. The normalized spacial score (nSPS) is 13.6. The van der Waals surface area contributed by atoms with Gasteiger partial charge in [-0.25, -0.2) is 4.98 Å². The Morgan fingerprint density at radius 1 is 1.50 bits per heavy atom. The van der Waals surface area contributed by atoms with E-state index >= 15 is 0 Å². The first-order valence-electron chi connectivity index (χ1n) is 4.52. The van der Waals surface area contributed by atoms with Crippen molar-refractivity contribution >= 4 is 10.8 Å². The summed E-state index contributed by atoms with van der Waals surface area (Å²) < 4.78 is 16.8. The lowest BCUT2D eigenvalue weighted by molar-refractivity contribution is 0.488. The Hall–Kier alpha value is -0.900. The van der Waals surface area contributed by atoms with E-state index in [1.54, 1.807) is 0 Å². The van der Waals surface area contributed by atoms with Gasteiger partial charge in [-0.3, -0.25) is 4.21 Å². The molecule has 0 aromatic carbocycles. The van der Waals surface area contributed by atoms with Crippen molar-refractivity contribution in [3.05, 3.63) is 29.5 Å². The monoisotopic (exact) mass is 213 g/mol. The van der Waals surface area contributed by atoms with Crippen molar-refractivity contribution in [3.8, 4) is 0 Å². The summed E-state index contributed by atoms with van der Waals surface area (Å²) in [5, 5.41) is 0. The van der Waals surface area contributed by atoms with E-state index in [4.69, 9.17) is 4.42 Å². The number of allylic oxidation sites excluding steroid dienone is 1. The predicted molar refractivity (Wildman–Crippen MR) is 57.5 cm³/mol. The van der Waals surface area contributed by atoms with Gasteiger partial charge in [-0.15, -0.1) is 0 Å². The van der Waals surface area contributed by atoms with Crippen molar-refractivity contribution in [1.82, 2.24) is 4.98 Å². The molecule has 0 amide bonds. The Labute approximate surface area is 86.7 Å². The third-order valence-corrected chi connectivity index (χ3v) is 3.01. The molecule has 1 aromatic heterocycles. The van der Waals surface area contributed by atoms with Crippen LogP contribution >= 0.6 is 0 Å². The van der Waals surface area contributed by atoms with Gasteiger partial charge in [0.15, 0.2) is 0 Å². The average molecular weight is 213 g/mol. The van der Waals surface area contributed by atoms with E-state index in [1.165, 1.54) is 0 Å². The van der Waals surface area contributed by atoms with Crippen LogP contribution in [0.2, 0.25) is 0 Å². The Bertz CT molecular complexity index is 336. The summed E-state index contributed by atoms with van der Waals surface area (Å²) in [4.78, 5) is 4.17. The molecular weight excluding hydrogens is 198 g/mol. The fourth-order valence-corrected chi connectivity index (χ4v) is 1.92. The Balaban J connectivity index is 2.56. The maximum absolute atomic E-state index is 11.5. The molecule has 0 aliphatic rings. The highest BCUT2D eigenvalue weighted by Crippen LogP contribution is 2.10. The standard InChI is InChI=1S/C10H15NO2S/c1-4-5-6-14(12)7-10-11-8(2)9(3)13-10/h4-5H,6-7H2,1-3H3/b5-4+/t14-/m0/s1. The molecule has 0 saturated carbocycles. The van der Waals surface area contributed by atoms with Crippen molar-refractivity contribution in [1.29, 1.82) is 0 Å². The minimum absolute atomic E-state index is 0.402. The second-order valence-corrected chi connectivity index (χ2v) is 4.57. The van der Waals surface area contributed by atoms with Gasteiger partial charge >= 0.3 is 0 Å². The van der Waals surface area contributed by atoms with Gasteiger partial charge in [-0.1, -0.05) is 12.2 Å². The van der Waals surface area contributed by atoms with Gasteiger partial charge in [0.2, 0.25) is 5.89 Å². The molecule has 3 nitrogen and oxygen atoms in total.